The predicted molar refractivity (Wildman–Crippen MR) is 102 cm³/mol. The second-order valence-corrected chi connectivity index (χ2v) is 6.41. The molecule has 0 aliphatic heterocycles. The highest BCUT2D eigenvalue weighted by atomic mass is 35.5. The van der Waals surface area contributed by atoms with Crippen molar-refractivity contribution in [2.75, 3.05) is 5.32 Å². The number of hydrogen-bond acceptors (Lipinski definition) is 4. The summed E-state index contributed by atoms with van der Waals surface area (Å²) < 4.78 is 6.76. The van der Waals surface area contributed by atoms with Crippen LogP contribution in [0.15, 0.2) is 71.5 Å². The van der Waals surface area contributed by atoms with Gasteiger partial charge in [-0.15, -0.1) is 0 Å². The quantitative estimate of drug-likeness (QED) is 0.417. The number of amides is 1. The van der Waals surface area contributed by atoms with Crippen LogP contribution in [0.1, 0.15) is 15.9 Å². The molecule has 0 radical (unpaired) electrons. The molecule has 1 amide bonds. The lowest BCUT2D eigenvalue weighted by Gasteiger charge is -2.05. The highest BCUT2D eigenvalue weighted by Gasteiger charge is 2.22. The average Bonchev–Trinajstić information content (AvgIpc) is 3.31. The second-order valence-electron chi connectivity index (χ2n) is 5.97. The van der Waals surface area contributed by atoms with Gasteiger partial charge in [0.25, 0.3) is 11.7 Å². The minimum Gasteiger partial charge on any atom is -0.342 e. The van der Waals surface area contributed by atoms with Gasteiger partial charge < -0.3 is 9.09 Å². The third-order valence-corrected chi connectivity index (χ3v) is 4.43. The van der Waals surface area contributed by atoms with Crippen LogP contribution in [0, 0.1) is 0 Å². The van der Waals surface area contributed by atoms with E-state index < -0.39 is 11.7 Å². The first kappa shape index (κ1) is 17.1. The molecule has 0 aliphatic rings. The van der Waals surface area contributed by atoms with Crippen molar-refractivity contribution < 1.29 is 14.1 Å². The summed E-state index contributed by atoms with van der Waals surface area (Å²) in [7, 11) is 0. The van der Waals surface area contributed by atoms with E-state index >= 15 is 0 Å². The Morgan fingerprint density at radius 2 is 1.85 bits per heavy atom. The Morgan fingerprint density at radius 3 is 2.59 bits per heavy atom. The Balaban J connectivity index is 1.67. The van der Waals surface area contributed by atoms with Gasteiger partial charge in [-0.25, -0.2) is 0 Å². The zero-order valence-corrected chi connectivity index (χ0v) is 14.8. The fraction of sp³-hybridized carbons (Fsp3) is 0.0500. The van der Waals surface area contributed by atoms with Crippen molar-refractivity contribution in [3.8, 4) is 0 Å². The van der Waals surface area contributed by atoms with E-state index in [1.807, 2.05) is 53.1 Å². The van der Waals surface area contributed by atoms with E-state index in [-0.39, 0.29) is 5.88 Å². The molecule has 2 heterocycles. The predicted octanol–water partition coefficient (Wildman–Crippen LogP) is 4.15. The van der Waals surface area contributed by atoms with Gasteiger partial charge in [0.1, 0.15) is 0 Å². The van der Waals surface area contributed by atoms with E-state index in [4.69, 9.17) is 16.1 Å². The zero-order chi connectivity index (χ0) is 18.8. The Morgan fingerprint density at radius 1 is 1.07 bits per heavy atom. The molecule has 0 fully saturated rings. The Hall–Kier alpha value is -3.38. The van der Waals surface area contributed by atoms with Crippen LogP contribution >= 0.6 is 11.6 Å². The fourth-order valence-electron chi connectivity index (χ4n) is 2.92. The van der Waals surface area contributed by atoms with Gasteiger partial charge in [0.15, 0.2) is 0 Å². The first-order chi connectivity index (χ1) is 13.1. The van der Waals surface area contributed by atoms with Gasteiger partial charge in [-0.3, -0.25) is 14.9 Å². The molecule has 0 saturated heterocycles. The summed E-state index contributed by atoms with van der Waals surface area (Å²) in [4.78, 5) is 25.0. The molecule has 6 nitrogen and oxygen atoms in total. The number of carbonyl (C=O) groups is 2. The van der Waals surface area contributed by atoms with Crippen molar-refractivity contribution in [3.63, 3.8) is 0 Å². The van der Waals surface area contributed by atoms with Crippen molar-refractivity contribution >= 4 is 40.1 Å². The van der Waals surface area contributed by atoms with Crippen molar-refractivity contribution in [2.24, 2.45) is 0 Å². The lowest BCUT2D eigenvalue weighted by Crippen LogP contribution is -2.22. The minimum absolute atomic E-state index is 0.123. The maximum absolute atomic E-state index is 12.7. The SMILES string of the molecule is O=C(Nc1ccno1)C(=O)c1cn(Cc2ccc(Cl)cc2)c2ccccc12. The summed E-state index contributed by atoms with van der Waals surface area (Å²) in [5, 5.41) is 7.28. The van der Waals surface area contributed by atoms with Crippen molar-refractivity contribution in [1.82, 2.24) is 9.72 Å². The number of rotatable bonds is 5. The molecule has 1 N–H and O–H groups in total. The number of nitrogens with zero attached hydrogens (tertiary/aromatic N) is 2. The lowest BCUT2D eigenvalue weighted by atomic mass is 10.1. The van der Waals surface area contributed by atoms with Gasteiger partial charge in [0.2, 0.25) is 5.88 Å². The summed E-state index contributed by atoms with van der Waals surface area (Å²) in [5.74, 6) is -1.29. The molecular formula is C20H14ClN3O3. The monoisotopic (exact) mass is 379 g/mol. The number of halogens is 1. The molecule has 2 aromatic carbocycles. The van der Waals surface area contributed by atoms with Gasteiger partial charge in [-0.2, -0.15) is 0 Å². The summed E-state index contributed by atoms with van der Waals surface area (Å²) >= 11 is 5.94. The van der Waals surface area contributed by atoms with Gasteiger partial charge in [0, 0.05) is 34.7 Å². The smallest absolute Gasteiger partial charge is 0.299 e. The molecule has 2 aromatic heterocycles. The van der Waals surface area contributed by atoms with E-state index in [1.54, 1.807) is 6.20 Å². The Kier molecular flexibility index (Phi) is 4.48. The van der Waals surface area contributed by atoms with Crippen molar-refractivity contribution in [2.45, 2.75) is 6.54 Å². The topological polar surface area (TPSA) is 77.1 Å². The number of nitrogens with one attached hydrogen (secondary N) is 1. The first-order valence-corrected chi connectivity index (χ1v) is 8.58. The fourth-order valence-corrected chi connectivity index (χ4v) is 3.04. The second kappa shape index (κ2) is 7.09. The molecule has 0 spiro atoms. The highest BCUT2D eigenvalue weighted by Crippen LogP contribution is 2.24. The average molecular weight is 380 g/mol. The molecule has 0 aliphatic carbocycles. The summed E-state index contributed by atoms with van der Waals surface area (Å²) in [6, 6.07) is 16.4. The molecule has 0 bridgehead atoms. The van der Waals surface area contributed by atoms with Gasteiger partial charge in [0.05, 0.1) is 11.8 Å². The molecule has 7 heteroatoms. The maximum atomic E-state index is 12.7. The standard InChI is InChI=1S/C20H14ClN3O3/c21-14-7-5-13(6-8-14)11-24-12-16(15-3-1-2-4-17(15)24)19(25)20(26)23-18-9-10-22-27-18/h1-10,12H,11H2,(H,23,26). The highest BCUT2D eigenvalue weighted by molar-refractivity contribution is 6.48. The molecule has 4 rings (SSSR count). The van der Waals surface area contributed by atoms with E-state index in [9.17, 15) is 9.59 Å². The van der Waals surface area contributed by atoms with Gasteiger partial charge >= 0.3 is 0 Å². The number of ketones is 1. The van der Waals surface area contributed by atoms with Crippen molar-refractivity contribution in [3.05, 3.63) is 83.1 Å². The van der Waals surface area contributed by atoms with Crippen LogP contribution < -0.4 is 5.32 Å². The van der Waals surface area contributed by atoms with Crippen LogP contribution in [-0.2, 0) is 11.3 Å². The number of hydrogen-bond donors (Lipinski definition) is 1. The number of carbonyl (C=O) groups excluding carboxylic acids is 2. The largest absolute Gasteiger partial charge is 0.342 e. The normalized spacial score (nSPS) is 10.9. The third kappa shape index (κ3) is 3.47. The zero-order valence-electron chi connectivity index (χ0n) is 14.1. The summed E-state index contributed by atoms with van der Waals surface area (Å²) in [6.45, 7) is 0.550. The maximum Gasteiger partial charge on any atom is 0.299 e. The number of Topliss-reactive ketones (excluding diaryl/α,β-unsaturated/α-hetero) is 1. The number of aromatic nitrogens is 2. The number of para-hydroxylation sites is 1. The molecule has 134 valence electrons. The van der Waals surface area contributed by atoms with Crippen LogP contribution in [0.4, 0.5) is 5.88 Å². The van der Waals surface area contributed by atoms with E-state index in [2.05, 4.69) is 10.5 Å². The first-order valence-electron chi connectivity index (χ1n) is 8.20. The van der Waals surface area contributed by atoms with Crippen molar-refractivity contribution in [1.29, 1.82) is 0 Å². The lowest BCUT2D eigenvalue weighted by molar-refractivity contribution is -0.112. The van der Waals surface area contributed by atoms with E-state index in [1.165, 1.54) is 12.3 Å². The van der Waals surface area contributed by atoms with Gasteiger partial charge in [-0.1, -0.05) is 47.1 Å². The van der Waals surface area contributed by atoms with Crippen LogP contribution in [0.25, 0.3) is 10.9 Å². The molecule has 0 atom stereocenters. The summed E-state index contributed by atoms with van der Waals surface area (Å²) in [5.41, 5.74) is 2.23. The molecule has 4 aromatic rings. The third-order valence-electron chi connectivity index (χ3n) is 4.18. The van der Waals surface area contributed by atoms with Gasteiger partial charge in [-0.05, 0) is 23.8 Å². The number of anilines is 1. The van der Waals surface area contributed by atoms with Crippen LogP contribution in [0.5, 0.6) is 0 Å². The molecule has 27 heavy (non-hydrogen) atoms. The van der Waals surface area contributed by atoms with Crippen LogP contribution in [0.2, 0.25) is 5.02 Å². The van der Waals surface area contributed by atoms with Crippen LogP contribution in [-0.4, -0.2) is 21.4 Å². The molecule has 0 unspecified atom stereocenters. The summed E-state index contributed by atoms with van der Waals surface area (Å²) in [6.07, 6.45) is 3.08. The van der Waals surface area contributed by atoms with Crippen LogP contribution in [0.3, 0.4) is 0 Å². The Bertz CT molecular complexity index is 1120. The molecule has 0 saturated carbocycles. The molecular weight excluding hydrogens is 366 g/mol. The Labute approximate surface area is 159 Å². The number of fused-ring (bicyclic) bond motifs is 1. The van der Waals surface area contributed by atoms with E-state index in [0.717, 1.165) is 11.1 Å². The number of benzene rings is 2. The van der Waals surface area contributed by atoms with E-state index in [0.29, 0.717) is 22.5 Å². The minimum atomic E-state index is -0.777.